The second-order valence-corrected chi connectivity index (χ2v) is 6.31. The molecule has 0 atom stereocenters. The Morgan fingerprint density at radius 3 is 2.17 bits per heavy atom. The Morgan fingerprint density at radius 1 is 1.00 bits per heavy atom. The maximum Gasteiger partial charge on any atom is 0.340 e. The van der Waals surface area contributed by atoms with Crippen molar-refractivity contribution in [2.75, 3.05) is 17.2 Å². The van der Waals surface area contributed by atoms with Crippen LogP contribution in [-0.2, 0) is 4.74 Å². The molecule has 8 heteroatoms. The Bertz CT molecular complexity index is 1030. The average Bonchev–Trinajstić information content (AvgIpc) is 3.32. The fourth-order valence-electron chi connectivity index (χ4n) is 2.92. The molecule has 2 heterocycles. The number of esters is 1. The number of hydrogen-bond acceptors (Lipinski definition) is 5. The van der Waals surface area contributed by atoms with Gasteiger partial charge in [0.25, 0.3) is 11.8 Å². The molecule has 0 radical (unpaired) electrons. The van der Waals surface area contributed by atoms with E-state index in [0.29, 0.717) is 33.9 Å². The van der Waals surface area contributed by atoms with Gasteiger partial charge in [-0.2, -0.15) is 0 Å². The van der Waals surface area contributed by atoms with Crippen molar-refractivity contribution in [1.29, 1.82) is 0 Å². The summed E-state index contributed by atoms with van der Waals surface area (Å²) in [6.07, 6.45) is 1.42. The highest BCUT2D eigenvalue weighted by molar-refractivity contribution is 6.07. The van der Waals surface area contributed by atoms with Crippen molar-refractivity contribution in [3.8, 4) is 0 Å². The van der Waals surface area contributed by atoms with Crippen LogP contribution >= 0.6 is 0 Å². The smallest absolute Gasteiger partial charge is 0.340 e. The van der Waals surface area contributed by atoms with Crippen molar-refractivity contribution >= 4 is 29.2 Å². The summed E-state index contributed by atoms with van der Waals surface area (Å²) in [5.74, 6) is -1.00. The van der Waals surface area contributed by atoms with E-state index in [0.717, 1.165) is 0 Å². The van der Waals surface area contributed by atoms with Crippen molar-refractivity contribution in [3.63, 3.8) is 0 Å². The van der Waals surface area contributed by atoms with Gasteiger partial charge in [0.2, 0.25) is 0 Å². The molecule has 150 valence electrons. The molecule has 3 aromatic rings. The van der Waals surface area contributed by atoms with E-state index in [1.165, 1.54) is 6.26 Å². The van der Waals surface area contributed by atoms with Gasteiger partial charge in [-0.1, -0.05) is 0 Å². The van der Waals surface area contributed by atoms with Crippen molar-refractivity contribution < 1.29 is 23.5 Å². The first kappa shape index (κ1) is 19.9. The highest BCUT2D eigenvalue weighted by atomic mass is 16.5. The molecule has 0 aliphatic rings. The number of amides is 2. The second kappa shape index (κ2) is 8.47. The minimum Gasteiger partial charge on any atom is -0.462 e. The molecule has 2 aromatic heterocycles. The molecule has 0 fully saturated rings. The Balaban J connectivity index is 1.69. The lowest BCUT2D eigenvalue weighted by Crippen LogP contribution is -2.14. The number of carbonyl (C=O) groups is 3. The number of rotatable bonds is 6. The summed E-state index contributed by atoms with van der Waals surface area (Å²) < 4.78 is 10.1. The van der Waals surface area contributed by atoms with Gasteiger partial charge in [0.15, 0.2) is 5.76 Å². The van der Waals surface area contributed by atoms with Crippen LogP contribution in [0.3, 0.4) is 0 Å². The molecule has 0 saturated heterocycles. The third-order valence-electron chi connectivity index (χ3n) is 4.29. The van der Waals surface area contributed by atoms with Gasteiger partial charge in [0.05, 0.1) is 18.4 Å². The number of carbonyl (C=O) groups excluding carboxylic acids is 3. The normalized spacial score (nSPS) is 10.4. The van der Waals surface area contributed by atoms with Gasteiger partial charge in [-0.3, -0.25) is 9.59 Å². The molecule has 8 nitrogen and oxygen atoms in total. The summed E-state index contributed by atoms with van der Waals surface area (Å²) >= 11 is 0. The molecule has 1 aromatic carbocycles. The molecule has 3 N–H and O–H groups in total. The number of furan rings is 1. The fraction of sp³-hybridized carbons (Fsp3) is 0.190. The Hall–Kier alpha value is -3.81. The van der Waals surface area contributed by atoms with Crippen LogP contribution in [0.25, 0.3) is 0 Å². The number of H-pyrrole nitrogens is 1. The molecular formula is C21H21N3O5. The predicted octanol–water partition coefficient (Wildman–Crippen LogP) is 3.91. The van der Waals surface area contributed by atoms with Crippen LogP contribution in [0.15, 0.2) is 47.1 Å². The van der Waals surface area contributed by atoms with Gasteiger partial charge < -0.3 is 24.8 Å². The first-order valence-electron chi connectivity index (χ1n) is 9.03. The Labute approximate surface area is 167 Å². The number of nitrogens with one attached hydrogen (secondary N) is 3. The molecule has 2 amide bonds. The molecule has 0 unspecified atom stereocenters. The maximum atomic E-state index is 12.6. The predicted molar refractivity (Wildman–Crippen MR) is 107 cm³/mol. The van der Waals surface area contributed by atoms with Gasteiger partial charge >= 0.3 is 5.97 Å². The minimum absolute atomic E-state index is 0.206. The monoisotopic (exact) mass is 395 g/mol. The summed E-state index contributed by atoms with van der Waals surface area (Å²) in [6, 6.07) is 9.83. The van der Waals surface area contributed by atoms with Crippen molar-refractivity contribution in [2.45, 2.75) is 20.8 Å². The molecule has 0 aliphatic carbocycles. The van der Waals surface area contributed by atoms with Crippen LogP contribution in [-0.4, -0.2) is 29.4 Å². The number of ether oxygens (including phenoxy) is 1. The molecule has 3 rings (SSSR count). The SMILES string of the molecule is CCOC(=O)c1c(C)[nH]c(C(=O)Nc2ccc(NC(=O)c3ccco3)cc2)c1C. The van der Waals surface area contributed by atoms with E-state index >= 15 is 0 Å². The van der Waals surface area contributed by atoms with Gasteiger partial charge in [-0.25, -0.2) is 4.79 Å². The van der Waals surface area contributed by atoms with Crippen LogP contribution in [0.5, 0.6) is 0 Å². The first-order valence-corrected chi connectivity index (χ1v) is 9.03. The number of benzene rings is 1. The summed E-state index contributed by atoms with van der Waals surface area (Å²) in [5.41, 5.74) is 2.85. The molecule has 29 heavy (non-hydrogen) atoms. The van der Waals surface area contributed by atoms with Gasteiger partial charge in [-0.15, -0.1) is 0 Å². The zero-order valence-electron chi connectivity index (χ0n) is 16.3. The van der Waals surface area contributed by atoms with Crippen LogP contribution in [0.4, 0.5) is 11.4 Å². The number of anilines is 2. The van der Waals surface area contributed by atoms with Crippen molar-refractivity contribution in [3.05, 3.63) is 70.9 Å². The van der Waals surface area contributed by atoms with E-state index in [1.807, 2.05) is 0 Å². The van der Waals surface area contributed by atoms with Crippen LogP contribution in [0.2, 0.25) is 0 Å². The maximum absolute atomic E-state index is 12.6. The quantitative estimate of drug-likeness (QED) is 0.548. The van der Waals surface area contributed by atoms with E-state index in [2.05, 4.69) is 15.6 Å². The molecular weight excluding hydrogens is 374 g/mol. The first-order chi connectivity index (χ1) is 13.9. The highest BCUT2D eigenvalue weighted by Gasteiger charge is 2.22. The number of aromatic amines is 1. The fourth-order valence-corrected chi connectivity index (χ4v) is 2.92. The largest absolute Gasteiger partial charge is 0.462 e. The zero-order valence-corrected chi connectivity index (χ0v) is 16.3. The lowest BCUT2D eigenvalue weighted by atomic mass is 10.1. The van der Waals surface area contributed by atoms with Crippen molar-refractivity contribution in [1.82, 2.24) is 4.98 Å². The summed E-state index contributed by atoms with van der Waals surface area (Å²) in [7, 11) is 0. The van der Waals surface area contributed by atoms with Crippen molar-refractivity contribution in [2.24, 2.45) is 0 Å². The van der Waals surface area contributed by atoms with E-state index in [1.54, 1.807) is 57.2 Å². The molecule has 0 spiro atoms. The second-order valence-electron chi connectivity index (χ2n) is 6.31. The van der Waals surface area contributed by atoms with Gasteiger partial charge in [-0.05, 0) is 62.7 Å². The summed E-state index contributed by atoms with van der Waals surface area (Å²) in [5, 5.41) is 5.46. The standard InChI is InChI=1S/C21H21N3O5/c1-4-28-21(27)17-12(2)18(22-13(17)3)20(26)24-15-9-7-14(8-10-15)23-19(25)16-6-5-11-29-16/h5-11,22H,4H2,1-3H3,(H,23,25)(H,24,26). The van der Waals surface area contributed by atoms with Crippen LogP contribution < -0.4 is 10.6 Å². The number of aryl methyl sites for hydroxylation is 1. The summed E-state index contributed by atoms with van der Waals surface area (Å²) in [6.45, 7) is 5.39. The van der Waals surface area contributed by atoms with E-state index in [9.17, 15) is 14.4 Å². The number of aromatic nitrogens is 1. The molecule has 0 aliphatic heterocycles. The summed E-state index contributed by atoms with van der Waals surface area (Å²) in [4.78, 5) is 39.6. The lowest BCUT2D eigenvalue weighted by Gasteiger charge is -2.07. The number of hydrogen-bond donors (Lipinski definition) is 3. The third-order valence-corrected chi connectivity index (χ3v) is 4.29. The van der Waals surface area contributed by atoms with E-state index in [-0.39, 0.29) is 24.2 Å². The Morgan fingerprint density at radius 2 is 1.62 bits per heavy atom. The topological polar surface area (TPSA) is 113 Å². The van der Waals surface area contributed by atoms with Crippen LogP contribution in [0.1, 0.15) is 49.6 Å². The third kappa shape index (κ3) is 4.37. The minimum atomic E-state index is -0.463. The molecule has 0 bridgehead atoms. The van der Waals surface area contributed by atoms with E-state index < -0.39 is 5.97 Å². The Kier molecular flexibility index (Phi) is 5.82. The molecule has 0 saturated carbocycles. The average molecular weight is 395 g/mol. The van der Waals surface area contributed by atoms with Crippen LogP contribution in [0, 0.1) is 13.8 Å². The highest BCUT2D eigenvalue weighted by Crippen LogP contribution is 2.21. The van der Waals surface area contributed by atoms with Gasteiger partial charge in [0, 0.05) is 17.1 Å². The lowest BCUT2D eigenvalue weighted by molar-refractivity contribution is 0.0525. The van der Waals surface area contributed by atoms with Gasteiger partial charge in [0.1, 0.15) is 5.69 Å². The zero-order chi connectivity index (χ0) is 21.0. The van der Waals surface area contributed by atoms with E-state index in [4.69, 9.17) is 9.15 Å².